The Bertz CT molecular complexity index is 79.0. The van der Waals surface area contributed by atoms with E-state index >= 15 is 0 Å². The summed E-state index contributed by atoms with van der Waals surface area (Å²) in [5.41, 5.74) is 0. The lowest BCUT2D eigenvalue weighted by molar-refractivity contribution is -0.336. The molecule has 1 saturated heterocycles. The number of aliphatic hydroxyl groups is 2. The molecule has 1 fully saturated rings. The van der Waals surface area contributed by atoms with Crippen LogP contribution >= 0.6 is 0 Å². The number of hydrogen-bond donors (Lipinski definition) is 2. The summed E-state index contributed by atoms with van der Waals surface area (Å²) in [5.74, 6) is -1.54. The molecule has 3 heteroatoms. The standard InChI is InChI=1S/C4H8O3/c1-3-4(5,6)2-7-3/h3,5-6H,2H2,1H3. The quantitative estimate of drug-likeness (QED) is 0.391. The molecule has 1 heterocycles. The first kappa shape index (κ1) is 5.03. The number of hydrogen-bond acceptors (Lipinski definition) is 3. The van der Waals surface area contributed by atoms with Crippen LogP contribution in [0.2, 0.25) is 0 Å². The molecule has 0 aromatic carbocycles. The van der Waals surface area contributed by atoms with Gasteiger partial charge in [0.25, 0.3) is 0 Å². The third-order valence-electron chi connectivity index (χ3n) is 1.20. The lowest BCUT2D eigenvalue weighted by Gasteiger charge is -2.37. The van der Waals surface area contributed by atoms with Crippen LogP contribution in [0.4, 0.5) is 0 Å². The van der Waals surface area contributed by atoms with Gasteiger partial charge in [-0.1, -0.05) is 0 Å². The van der Waals surface area contributed by atoms with Crippen molar-refractivity contribution in [3.63, 3.8) is 0 Å². The lowest BCUT2D eigenvalue weighted by Crippen LogP contribution is -2.56. The van der Waals surface area contributed by atoms with E-state index in [1.54, 1.807) is 6.92 Å². The fourth-order valence-corrected chi connectivity index (χ4v) is 0.399. The van der Waals surface area contributed by atoms with Crippen molar-refractivity contribution in [3.8, 4) is 0 Å². The van der Waals surface area contributed by atoms with E-state index in [-0.39, 0.29) is 6.61 Å². The van der Waals surface area contributed by atoms with Gasteiger partial charge in [0, 0.05) is 0 Å². The van der Waals surface area contributed by atoms with Gasteiger partial charge in [0.1, 0.15) is 12.7 Å². The van der Waals surface area contributed by atoms with E-state index in [1.807, 2.05) is 0 Å². The Morgan fingerprint density at radius 3 is 2.14 bits per heavy atom. The van der Waals surface area contributed by atoms with Gasteiger partial charge in [0.05, 0.1) is 0 Å². The van der Waals surface area contributed by atoms with Gasteiger partial charge < -0.3 is 14.9 Å². The van der Waals surface area contributed by atoms with E-state index in [0.717, 1.165) is 0 Å². The van der Waals surface area contributed by atoms with Crippen LogP contribution in [0.3, 0.4) is 0 Å². The van der Waals surface area contributed by atoms with Crippen molar-refractivity contribution in [2.45, 2.75) is 18.8 Å². The topological polar surface area (TPSA) is 49.7 Å². The summed E-state index contributed by atoms with van der Waals surface area (Å²) in [6.45, 7) is 1.66. The van der Waals surface area contributed by atoms with Gasteiger partial charge in [-0.15, -0.1) is 0 Å². The van der Waals surface area contributed by atoms with Crippen molar-refractivity contribution < 1.29 is 14.9 Å². The molecule has 0 aliphatic carbocycles. The molecular weight excluding hydrogens is 96.0 g/mol. The van der Waals surface area contributed by atoms with Crippen LogP contribution in [-0.4, -0.2) is 28.7 Å². The normalized spacial score (nSPS) is 37.3. The zero-order chi connectivity index (χ0) is 5.49. The average molecular weight is 104 g/mol. The molecule has 1 unspecified atom stereocenters. The van der Waals surface area contributed by atoms with Crippen LogP contribution in [0.25, 0.3) is 0 Å². The number of ether oxygens (including phenoxy) is 1. The van der Waals surface area contributed by atoms with Crippen LogP contribution < -0.4 is 0 Å². The summed E-state index contributed by atoms with van der Waals surface area (Å²) in [6.07, 6.45) is -0.410. The van der Waals surface area contributed by atoms with Crippen molar-refractivity contribution >= 4 is 0 Å². The van der Waals surface area contributed by atoms with Gasteiger partial charge in [-0.3, -0.25) is 0 Å². The second kappa shape index (κ2) is 1.18. The predicted molar refractivity (Wildman–Crippen MR) is 22.6 cm³/mol. The molecule has 2 N–H and O–H groups in total. The minimum absolute atomic E-state index is 0.0498. The van der Waals surface area contributed by atoms with Gasteiger partial charge >= 0.3 is 0 Å². The summed E-state index contributed by atoms with van der Waals surface area (Å²) < 4.78 is 4.65. The Morgan fingerprint density at radius 1 is 1.71 bits per heavy atom. The Labute approximate surface area is 41.5 Å². The zero-order valence-electron chi connectivity index (χ0n) is 4.09. The Kier molecular flexibility index (Phi) is 0.849. The molecule has 0 saturated carbocycles. The number of rotatable bonds is 0. The SMILES string of the molecule is CC1OCC1(O)O. The highest BCUT2D eigenvalue weighted by Crippen LogP contribution is 2.20. The average Bonchev–Trinajstić information content (AvgIpc) is 1.63. The second-order valence-corrected chi connectivity index (χ2v) is 1.83. The zero-order valence-corrected chi connectivity index (χ0v) is 4.09. The molecule has 1 aliphatic heterocycles. The fraction of sp³-hybridized carbons (Fsp3) is 1.00. The molecule has 1 rings (SSSR count). The molecule has 7 heavy (non-hydrogen) atoms. The van der Waals surface area contributed by atoms with E-state index < -0.39 is 11.9 Å². The van der Waals surface area contributed by atoms with Crippen molar-refractivity contribution in [2.75, 3.05) is 6.61 Å². The summed E-state index contributed by atoms with van der Waals surface area (Å²) in [6, 6.07) is 0. The van der Waals surface area contributed by atoms with Crippen molar-refractivity contribution in [2.24, 2.45) is 0 Å². The fourth-order valence-electron chi connectivity index (χ4n) is 0.399. The van der Waals surface area contributed by atoms with Crippen molar-refractivity contribution in [1.82, 2.24) is 0 Å². The molecule has 0 radical (unpaired) electrons. The first-order chi connectivity index (χ1) is 3.13. The minimum Gasteiger partial charge on any atom is -0.367 e. The van der Waals surface area contributed by atoms with E-state index in [4.69, 9.17) is 10.2 Å². The molecule has 1 aliphatic rings. The molecule has 0 aromatic heterocycles. The van der Waals surface area contributed by atoms with E-state index in [2.05, 4.69) is 4.74 Å². The highest BCUT2D eigenvalue weighted by molar-refractivity contribution is 4.80. The molecule has 0 amide bonds. The smallest absolute Gasteiger partial charge is 0.213 e. The maximum atomic E-state index is 8.61. The maximum absolute atomic E-state index is 8.61. The van der Waals surface area contributed by atoms with Gasteiger partial charge in [0.2, 0.25) is 5.79 Å². The van der Waals surface area contributed by atoms with E-state index in [0.29, 0.717) is 0 Å². The molecule has 0 spiro atoms. The molecule has 1 atom stereocenters. The molecule has 42 valence electrons. The summed E-state index contributed by atoms with van der Waals surface area (Å²) in [7, 11) is 0. The Morgan fingerprint density at radius 2 is 2.14 bits per heavy atom. The molecular formula is C4H8O3. The monoisotopic (exact) mass is 104 g/mol. The van der Waals surface area contributed by atoms with Crippen LogP contribution in [0.1, 0.15) is 6.92 Å². The van der Waals surface area contributed by atoms with E-state index in [9.17, 15) is 0 Å². The predicted octanol–water partition coefficient (Wildman–Crippen LogP) is -0.914. The first-order valence-electron chi connectivity index (χ1n) is 2.19. The third-order valence-corrected chi connectivity index (χ3v) is 1.20. The van der Waals surface area contributed by atoms with Gasteiger partial charge in [-0.05, 0) is 6.92 Å². The van der Waals surface area contributed by atoms with Crippen molar-refractivity contribution in [3.05, 3.63) is 0 Å². The first-order valence-corrected chi connectivity index (χ1v) is 2.19. The van der Waals surface area contributed by atoms with Crippen LogP contribution in [0.5, 0.6) is 0 Å². The second-order valence-electron chi connectivity index (χ2n) is 1.83. The summed E-state index contributed by atoms with van der Waals surface area (Å²) in [5, 5.41) is 17.2. The van der Waals surface area contributed by atoms with Gasteiger partial charge in [0.15, 0.2) is 0 Å². The lowest BCUT2D eigenvalue weighted by atomic mass is 10.1. The summed E-state index contributed by atoms with van der Waals surface area (Å²) in [4.78, 5) is 0. The largest absolute Gasteiger partial charge is 0.367 e. The highest BCUT2D eigenvalue weighted by Gasteiger charge is 2.41. The van der Waals surface area contributed by atoms with Gasteiger partial charge in [-0.2, -0.15) is 0 Å². The molecule has 0 bridgehead atoms. The van der Waals surface area contributed by atoms with Crippen LogP contribution in [-0.2, 0) is 4.74 Å². The Balaban J connectivity index is 2.43. The van der Waals surface area contributed by atoms with Gasteiger partial charge in [-0.25, -0.2) is 0 Å². The Hall–Kier alpha value is -0.120. The molecule has 3 nitrogen and oxygen atoms in total. The molecule has 0 aromatic rings. The highest BCUT2D eigenvalue weighted by atomic mass is 16.6. The van der Waals surface area contributed by atoms with E-state index in [1.165, 1.54) is 0 Å². The summed E-state index contributed by atoms with van der Waals surface area (Å²) >= 11 is 0. The van der Waals surface area contributed by atoms with Crippen LogP contribution in [0, 0.1) is 0 Å². The minimum atomic E-state index is -1.54. The van der Waals surface area contributed by atoms with Crippen molar-refractivity contribution in [1.29, 1.82) is 0 Å². The third kappa shape index (κ3) is 0.627. The van der Waals surface area contributed by atoms with Crippen LogP contribution in [0.15, 0.2) is 0 Å². The maximum Gasteiger partial charge on any atom is 0.213 e.